The van der Waals surface area contributed by atoms with Crippen molar-refractivity contribution in [1.29, 1.82) is 0 Å². The maximum Gasteiger partial charge on any atom is 0.0234 e. The van der Waals surface area contributed by atoms with Crippen LogP contribution in [0.5, 0.6) is 0 Å². The van der Waals surface area contributed by atoms with Crippen molar-refractivity contribution in [3.05, 3.63) is 35.9 Å². The Morgan fingerprint density at radius 2 is 2.00 bits per heavy atom. The summed E-state index contributed by atoms with van der Waals surface area (Å²) >= 11 is 0. The van der Waals surface area contributed by atoms with Gasteiger partial charge in [-0.05, 0) is 30.7 Å². The van der Waals surface area contributed by atoms with Crippen molar-refractivity contribution >= 4 is 0 Å². The zero-order valence-corrected chi connectivity index (χ0v) is 12.7. The van der Waals surface area contributed by atoms with Gasteiger partial charge in [-0.3, -0.25) is 4.90 Å². The Hall–Kier alpha value is -0.860. The molecule has 110 valence electrons. The fourth-order valence-electron chi connectivity index (χ4n) is 3.40. The summed E-state index contributed by atoms with van der Waals surface area (Å²) in [6.07, 6.45) is 6.96. The number of hydrogen-bond donors (Lipinski definition) is 1. The zero-order valence-electron chi connectivity index (χ0n) is 12.7. The molecule has 2 heteroatoms. The standard InChI is InChI=1S/C18H28N2/c1-2-17(12-15-8-9-15)19-18-10-11-20(14-18)13-16-6-4-3-5-7-16/h3-7,15,17-19H,2,8-14H2,1H3. The predicted octanol–water partition coefficient (Wildman–Crippen LogP) is 3.43. The Bertz CT molecular complexity index is 399. The molecule has 1 heterocycles. The minimum absolute atomic E-state index is 0.711. The van der Waals surface area contributed by atoms with Crippen LogP contribution in [0.4, 0.5) is 0 Å². The van der Waals surface area contributed by atoms with Gasteiger partial charge in [-0.25, -0.2) is 0 Å². The monoisotopic (exact) mass is 272 g/mol. The highest BCUT2D eigenvalue weighted by Gasteiger charge is 2.28. The van der Waals surface area contributed by atoms with E-state index in [2.05, 4.69) is 47.5 Å². The third-order valence-corrected chi connectivity index (χ3v) is 4.80. The molecule has 20 heavy (non-hydrogen) atoms. The fourth-order valence-corrected chi connectivity index (χ4v) is 3.40. The number of likely N-dealkylation sites (tertiary alicyclic amines) is 1. The molecule has 2 unspecified atom stereocenters. The average Bonchev–Trinajstić information content (AvgIpc) is 3.19. The number of nitrogens with one attached hydrogen (secondary N) is 1. The van der Waals surface area contributed by atoms with E-state index in [0.29, 0.717) is 6.04 Å². The highest BCUT2D eigenvalue weighted by atomic mass is 15.2. The van der Waals surface area contributed by atoms with Crippen LogP contribution in [0.2, 0.25) is 0 Å². The summed E-state index contributed by atoms with van der Waals surface area (Å²) < 4.78 is 0. The number of nitrogens with zero attached hydrogens (tertiary/aromatic N) is 1. The van der Waals surface area contributed by atoms with Crippen molar-refractivity contribution in [2.45, 2.75) is 57.7 Å². The Balaban J connectivity index is 1.44. The van der Waals surface area contributed by atoms with Crippen molar-refractivity contribution in [3.8, 4) is 0 Å². The van der Waals surface area contributed by atoms with Crippen LogP contribution in [0.1, 0.15) is 44.6 Å². The fraction of sp³-hybridized carbons (Fsp3) is 0.667. The molecule has 1 N–H and O–H groups in total. The average molecular weight is 272 g/mol. The summed E-state index contributed by atoms with van der Waals surface area (Å²) in [5.41, 5.74) is 1.44. The summed E-state index contributed by atoms with van der Waals surface area (Å²) in [5, 5.41) is 3.91. The molecule has 1 aromatic carbocycles. The van der Waals surface area contributed by atoms with E-state index in [0.717, 1.165) is 18.5 Å². The Labute approximate surface area is 123 Å². The predicted molar refractivity (Wildman–Crippen MR) is 84.7 cm³/mol. The van der Waals surface area contributed by atoms with Gasteiger partial charge >= 0.3 is 0 Å². The maximum atomic E-state index is 3.91. The van der Waals surface area contributed by atoms with Crippen LogP contribution in [0, 0.1) is 5.92 Å². The lowest BCUT2D eigenvalue weighted by Gasteiger charge is -2.22. The first-order valence-electron chi connectivity index (χ1n) is 8.36. The van der Waals surface area contributed by atoms with Crippen LogP contribution in [-0.4, -0.2) is 30.1 Å². The van der Waals surface area contributed by atoms with Crippen LogP contribution in [-0.2, 0) is 6.54 Å². The van der Waals surface area contributed by atoms with Gasteiger partial charge in [0.1, 0.15) is 0 Å². The molecule has 1 aliphatic heterocycles. The molecule has 2 nitrogen and oxygen atoms in total. The summed E-state index contributed by atoms with van der Waals surface area (Å²) in [7, 11) is 0. The van der Waals surface area contributed by atoms with Gasteiger partial charge in [-0.15, -0.1) is 0 Å². The third-order valence-electron chi connectivity index (χ3n) is 4.80. The quantitative estimate of drug-likeness (QED) is 0.818. The molecule has 0 spiro atoms. The Morgan fingerprint density at radius 1 is 1.20 bits per heavy atom. The first-order valence-corrected chi connectivity index (χ1v) is 8.36. The van der Waals surface area contributed by atoms with Gasteiger partial charge < -0.3 is 5.32 Å². The minimum atomic E-state index is 0.711. The lowest BCUT2D eigenvalue weighted by Crippen LogP contribution is -2.40. The first-order chi connectivity index (χ1) is 9.83. The second kappa shape index (κ2) is 6.73. The molecule has 0 amide bonds. The summed E-state index contributed by atoms with van der Waals surface area (Å²) in [6.45, 7) is 5.90. The molecule has 2 aliphatic rings. The van der Waals surface area contributed by atoms with Gasteiger partial charge in [0.2, 0.25) is 0 Å². The summed E-state index contributed by atoms with van der Waals surface area (Å²) in [6, 6.07) is 12.3. The van der Waals surface area contributed by atoms with Gasteiger partial charge in [0.25, 0.3) is 0 Å². The van der Waals surface area contributed by atoms with Crippen molar-refractivity contribution in [2.24, 2.45) is 5.92 Å². The molecule has 0 bridgehead atoms. The first kappa shape index (κ1) is 14.1. The van der Waals surface area contributed by atoms with Crippen molar-refractivity contribution in [2.75, 3.05) is 13.1 Å². The van der Waals surface area contributed by atoms with Crippen molar-refractivity contribution < 1.29 is 0 Å². The van der Waals surface area contributed by atoms with Crippen LogP contribution in [0.3, 0.4) is 0 Å². The largest absolute Gasteiger partial charge is 0.310 e. The van der Waals surface area contributed by atoms with E-state index in [-0.39, 0.29) is 0 Å². The van der Waals surface area contributed by atoms with E-state index in [1.807, 2.05) is 0 Å². The van der Waals surface area contributed by atoms with Crippen LogP contribution in [0.15, 0.2) is 30.3 Å². The normalized spacial score (nSPS) is 24.9. The number of hydrogen-bond acceptors (Lipinski definition) is 2. The van der Waals surface area contributed by atoms with Gasteiger partial charge in [0, 0.05) is 31.7 Å². The van der Waals surface area contributed by atoms with Gasteiger partial charge in [0.05, 0.1) is 0 Å². The lowest BCUT2D eigenvalue weighted by molar-refractivity contribution is 0.309. The molecule has 1 saturated heterocycles. The SMILES string of the molecule is CCC(CC1CC1)NC1CCN(Cc2ccccc2)C1. The topological polar surface area (TPSA) is 15.3 Å². The highest BCUT2D eigenvalue weighted by Crippen LogP contribution is 2.34. The second-order valence-electron chi connectivity index (χ2n) is 6.66. The van der Waals surface area contributed by atoms with Gasteiger partial charge in [0.15, 0.2) is 0 Å². The van der Waals surface area contributed by atoms with E-state index in [1.54, 1.807) is 0 Å². The molecule has 2 fully saturated rings. The van der Waals surface area contributed by atoms with Crippen LogP contribution < -0.4 is 5.32 Å². The molecule has 3 rings (SSSR count). The van der Waals surface area contributed by atoms with Gasteiger partial charge in [-0.2, -0.15) is 0 Å². The molecule has 0 radical (unpaired) electrons. The van der Waals surface area contributed by atoms with Crippen LogP contribution in [0.25, 0.3) is 0 Å². The van der Waals surface area contributed by atoms with E-state index in [4.69, 9.17) is 0 Å². The second-order valence-corrected chi connectivity index (χ2v) is 6.66. The molecule has 1 saturated carbocycles. The lowest BCUT2D eigenvalue weighted by atomic mass is 10.1. The number of benzene rings is 1. The molecule has 2 atom stereocenters. The Morgan fingerprint density at radius 3 is 2.70 bits per heavy atom. The minimum Gasteiger partial charge on any atom is -0.310 e. The summed E-state index contributed by atoms with van der Waals surface area (Å²) in [4.78, 5) is 2.59. The third kappa shape index (κ3) is 4.07. The zero-order chi connectivity index (χ0) is 13.8. The molecular weight excluding hydrogens is 244 g/mol. The number of rotatable bonds is 7. The Kier molecular flexibility index (Phi) is 4.74. The highest BCUT2D eigenvalue weighted by molar-refractivity contribution is 5.14. The van der Waals surface area contributed by atoms with Crippen molar-refractivity contribution in [1.82, 2.24) is 10.2 Å². The van der Waals surface area contributed by atoms with E-state index >= 15 is 0 Å². The van der Waals surface area contributed by atoms with Gasteiger partial charge in [-0.1, -0.05) is 50.1 Å². The van der Waals surface area contributed by atoms with Crippen molar-refractivity contribution in [3.63, 3.8) is 0 Å². The molecular formula is C18H28N2. The summed E-state index contributed by atoms with van der Waals surface area (Å²) in [5.74, 6) is 1.04. The van der Waals surface area contributed by atoms with E-state index < -0.39 is 0 Å². The molecule has 1 aromatic rings. The van der Waals surface area contributed by atoms with E-state index in [9.17, 15) is 0 Å². The van der Waals surface area contributed by atoms with E-state index in [1.165, 1.54) is 50.8 Å². The van der Waals surface area contributed by atoms with Crippen LogP contribution >= 0.6 is 0 Å². The smallest absolute Gasteiger partial charge is 0.0234 e. The molecule has 0 aromatic heterocycles. The maximum absolute atomic E-state index is 3.91. The molecule has 1 aliphatic carbocycles.